The van der Waals surface area contributed by atoms with E-state index in [1.54, 1.807) is 0 Å². The Morgan fingerprint density at radius 3 is 0.927 bits per heavy atom. The Kier molecular flexibility index (Phi) is 20.5. The fourth-order valence-electron chi connectivity index (χ4n) is 5.45. The minimum absolute atomic E-state index is 0. The van der Waals surface area contributed by atoms with Gasteiger partial charge in [-0.15, -0.1) is 33.7 Å². The first-order valence-electron chi connectivity index (χ1n) is 18.7. The van der Waals surface area contributed by atoms with Gasteiger partial charge >= 0.3 is 117 Å². The van der Waals surface area contributed by atoms with Gasteiger partial charge in [-0.1, -0.05) is 150 Å². The molecule has 5 rings (SSSR count). The van der Waals surface area contributed by atoms with E-state index in [1.165, 1.54) is 37.8 Å². The first-order chi connectivity index (χ1) is 25.0. The number of aryl methyl sites for hydroxylation is 6. The van der Waals surface area contributed by atoms with E-state index in [0.717, 1.165) is 22.6 Å². The fraction of sp³-hybridized carbons (Fsp3) is 0.367. The first kappa shape index (κ1) is 49.4. The Hall–Kier alpha value is -3.62. The number of benzene rings is 5. The number of hydrogen-bond donors (Lipinski definition) is 0. The van der Waals surface area contributed by atoms with Gasteiger partial charge < -0.3 is 16.0 Å². The van der Waals surface area contributed by atoms with Gasteiger partial charge in [-0.05, 0) is 41.5 Å². The zero-order chi connectivity index (χ0) is 40.7. The summed E-state index contributed by atoms with van der Waals surface area (Å²) in [6, 6.07) is 39.0. The molecule has 4 nitrogen and oxygen atoms in total. The average Bonchev–Trinajstić information content (AvgIpc) is 2.99. The molecule has 0 bridgehead atoms. The van der Waals surface area contributed by atoms with Gasteiger partial charge in [0.25, 0.3) is 0 Å². The molecule has 0 radical (unpaired) electrons. The van der Waals surface area contributed by atoms with E-state index in [1.807, 2.05) is 60.7 Å². The second kappa shape index (κ2) is 22.8. The van der Waals surface area contributed by atoms with Crippen LogP contribution in [0.2, 0.25) is 0 Å². The van der Waals surface area contributed by atoms with Crippen LogP contribution in [0, 0.1) is 41.5 Å². The zero-order valence-electron chi connectivity index (χ0n) is 36.1. The molecule has 0 fully saturated rings. The molecule has 0 aliphatic carbocycles. The molecule has 55 heavy (non-hydrogen) atoms. The normalized spacial score (nSPS) is 10.8. The van der Waals surface area contributed by atoms with E-state index in [2.05, 4.69) is 174 Å². The third kappa shape index (κ3) is 23.1. The average molecular weight is 884 g/mol. The molecule has 5 aromatic rings. The van der Waals surface area contributed by atoms with E-state index in [4.69, 9.17) is 0 Å². The summed E-state index contributed by atoms with van der Waals surface area (Å²) >= 11 is 0.00259. The van der Waals surface area contributed by atoms with Crippen LogP contribution >= 0.6 is 0 Å². The summed E-state index contributed by atoms with van der Waals surface area (Å²) in [5, 5.41) is 23.8. The maximum atomic E-state index is 9.92. The molecule has 292 valence electrons. The van der Waals surface area contributed by atoms with Crippen molar-refractivity contribution >= 4 is 41.1 Å². The Balaban J connectivity index is 0.000000365. The van der Waals surface area contributed by atoms with Crippen LogP contribution < -0.4 is 4.46 Å². The van der Waals surface area contributed by atoms with Gasteiger partial charge in [0, 0.05) is 0 Å². The topological polar surface area (TPSA) is 64.6 Å². The van der Waals surface area contributed by atoms with Gasteiger partial charge in [-0.25, -0.2) is 0 Å². The Labute approximate surface area is 356 Å². The Morgan fingerprint density at radius 1 is 0.418 bits per heavy atom. The van der Waals surface area contributed by atoms with Crippen LogP contribution in [0.5, 0.6) is 0 Å². The summed E-state index contributed by atoms with van der Waals surface area (Å²) in [5.74, 6) is 0. The summed E-state index contributed by atoms with van der Waals surface area (Å²) in [6.07, 6.45) is 0. The SMILES string of the molecule is Cc1cc(C)cc([N-]C(C)(C)C)c1.Cc1cc(C)cc([N-]C(C)(C)C)c1.Cc1cc(C)cc([N-]C(C)(C)C)c1.[Mo+4].[N-]=C([Se]c1ccccc1)c1ccccc1. The van der Waals surface area contributed by atoms with E-state index in [0.29, 0.717) is 4.61 Å². The summed E-state index contributed by atoms with van der Waals surface area (Å²) in [7, 11) is 0. The van der Waals surface area contributed by atoms with Crippen molar-refractivity contribution in [2.75, 3.05) is 0 Å². The molecule has 0 aliphatic rings. The number of nitrogens with zero attached hydrogens (tertiary/aromatic N) is 4. The van der Waals surface area contributed by atoms with Crippen LogP contribution in [0.4, 0.5) is 17.1 Å². The minimum atomic E-state index is 0. The van der Waals surface area contributed by atoms with Gasteiger partial charge in [-0.3, -0.25) is 0 Å². The molecule has 0 amide bonds. The van der Waals surface area contributed by atoms with Crippen molar-refractivity contribution in [1.29, 1.82) is 0 Å². The number of rotatable bonds is 6. The van der Waals surface area contributed by atoms with Gasteiger partial charge in [-0.2, -0.15) is 0 Å². The second-order valence-electron chi connectivity index (χ2n) is 17.0. The molecular weight excluding hydrogens is 819 g/mol. The second-order valence-corrected chi connectivity index (χ2v) is 19.2. The molecule has 0 aliphatic heterocycles. The molecule has 0 saturated heterocycles. The molecule has 0 unspecified atom stereocenters. The predicted molar refractivity (Wildman–Crippen MR) is 242 cm³/mol. The van der Waals surface area contributed by atoms with Crippen LogP contribution in [0.3, 0.4) is 0 Å². The quantitative estimate of drug-likeness (QED) is 0.120. The standard InChI is InChI=1S/C13H10NSe.3C12H18N.Mo/c14-13(11-7-3-1-4-8-11)15-12-9-5-2-6-10-12;3*1-9-6-10(2)8-11(7-9)13-12(3,4)5;/h1-10H;3*6-8H,1-5H3;/q4*-1;+4. The summed E-state index contributed by atoms with van der Waals surface area (Å²) in [6.45, 7) is 31.7. The maximum absolute atomic E-state index is 9.92. The summed E-state index contributed by atoms with van der Waals surface area (Å²) < 4.78 is 1.67. The van der Waals surface area contributed by atoms with Gasteiger partial charge in [0.15, 0.2) is 0 Å². The van der Waals surface area contributed by atoms with Crippen molar-refractivity contribution in [2.24, 2.45) is 0 Å². The van der Waals surface area contributed by atoms with Crippen LogP contribution in [-0.2, 0) is 21.1 Å². The van der Waals surface area contributed by atoms with Crippen molar-refractivity contribution in [3.05, 3.63) is 176 Å². The van der Waals surface area contributed by atoms with Crippen molar-refractivity contribution in [3.63, 3.8) is 0 Å². The first-order valence-corrected chi connectivity index (χ1v) is 20.5. The van der Waals surface area contributed by atoms with Gasteiger partial charge in [0.1, 0.15) is 0 Å². The van der Waals surface area contributed by atoms with Gasteiger partial charge in [0.05, 0.1) is 0 Å². The molecule has 0 heterocycles. The van der Waals surface area contributed by atoms with Crippen molar-refractivity contribution < 1.29 is 21.1 Å². The monoisotopic (exact) mass is 886 g/mol. The molecule has 0 spiro atoms. The van der Waals surface area contributed by atoms with Crippen LogP contribution in [0.15, 0.2) is 115 Å². The van der Waals surface area contributed by atoms with Crippen LogP contribution in [-0.4, -0.2) is 36.2 Å². The van der Waals surface area contributed by atoms with E-state index < -0.39 is 0 Å². The molecule has 5 aromatic carbocycles. The van der Waals surface area contributed by atoms with E-state index >= 15 is 0 Å². The Bertz CT molecular complexity index is 1670. The van der Waals surface area contributed by atoms with Crippen LogP contribution in [0.25, 0.3) is 21.4 Å². The zero-order valence-corrected chi connectivity index (χ0v) is 39.8. The Morgan fingerprint density at radius 2 is 0.673 bits per heavy atom. The third-order valence-corrected chi connectivity index (χ3v) is 8.96. The van der Waals surface area contributed by atoms with Crippen LogP contribution in [0.1, 0.15) is 101 Å². The molecule has 0 atom stereocenters. The van der Waals surface area contributed by atoms with Crippen molar-refractivity contribution in [2.45, 2.75) is 120 Å². The molecule has 6 heteroatoms. The van der Waals surface area contributed by atoms with E-state index in [9.17, 15) is 5.41 Å². The van der Waals surface area contributed by atoms with Crippen molar-refractivity contribution in [1.82, 2.24) is 0 Å². The summed E-state index contributed by atoms with van der Waals surface area (Å²) in [4.78, 5) is 0. The molecule has 0 saturated carbocycles. The fourth-order valence-corrected chi connectivity index (χ4v) is 7.06. The third-order valence-electron chi connectivity index (χ3n) is 6.99. The molecule has 0 N–H and O–H groups in total. The van der Waals surface area contributed by atoms with E-state index in [-0.39, 0.29) is 52.6 Å². The van der Waals surface area contributed by atoms with Gasteiger partial charge in [0.2, 0.25) is 0 Å². The molecular formula is C49H64MoN4Se. The number of hydrogen-bond acceptors (Lipinski definition) is 0. The van der Waals surface area contributed by atoms with Crippen molar-refractivity contribution in [3.8, 4) is 0 Å². The molecule has 0 aromatic heterocycles. The predicted octanol–water partition coefficient (Wildman–Crippen LogP) is 14.4. The summed E-state index contributed by atoms with van der Waals surface area (Å²) in [5.41, 5.74) is 11.9.